The Morgan fingerprint density at radius 2 is 1.94 bits per heavy atom. The van der Waals surface area contributed by atoms with Crippen LogP contribution in [0.4, 0.5) is 0 Å². The summed E-state index contributed by atoms with van der Waals surface area (Å²) in [5.74, 6) is 5.80. The topological polar surface area (TPSA) is 32.6 Å². The standard InChI is InChI=1S/C13H9NOS/c15-14-12(13-7-4-10-16-13)9-8-11-5-2-1-3-6-11/h1-7,10,15H/b14-12-. The molecule has 0 aliphatic rings. The fraction of sp³-hybridized carbons (Fsp3) is 0. The minimum atomic E-state index is 0.402. The van der Waals surface area contributed by atoms with E-state index in [1.807, 2.05) is 47.8 Å². The lowest BCUT2D eigenvalue weighted by Crippen LogP contribution is -1.93. The van der Waals surface area contributed by atoms with Gasteiger partial charge in [0.1, 0.15) is 0 Å². The number of rotatable bonds is 1. The summed E-state index contributed by atoms with van der Waals surface area (Å²) in [6.45, 7) is 0. The first-order valence-electron chi connectivity index (χ1n) is 4.73. The number of thiophene rings is 1. The predicted octanol–water partition coefficient (Wildman–Crippen LogP) is 2.98. The molecule has 0 atom stereocenters. The van der Waals surface area contributed by atoms with Crippen molar-refractivity contribution in [3.63, 3.8) is 0 Å². The highest BCUT2D eigenvalue weighted by atomic mass is 32.1. The maximum absolute atomic E-state index is 8.87. The molecule has 1 N–H and O–H groups in total. The third-order valence-corrected chi connectivity index (χ3v) is 2.83. The van der Waals surface area contributed by atoms with E-state index in [0.29, 0.717) is 5.71 Å². The van der Waals surface area contributed by atoms with E-state index in [9.17, 15) is 0 Å². The van der Waals surface area contributed by atoms with Crippen molar-refractivity contribution in [1.82, 2.24) is 0 Å². The Kier molecular flexibility index (Phi) is 3.37. The van der Waals surface area contributed by atoms with Crippen LogP contribution in [0.2, 0.25) is 0 Å². The van der Waals surface area contributed by atoms with E-state index >= 15 is 0 Å². The number of hydrogen-bond acceptors (Lipinski definition) is 3. The van der Waals surface area contributed by atoms with Crippen molar-refractivity contribution in [2.75, 3.05) is 0 Å². The summed E-state index contributed by atoms with van der Waals surface area (Å²) in [6, 6.07) is 13.4. The molecule has 2 aromatic rings. The largest absolute Gasteiger partial charge is 0.410 e. The molecule has 2 nitrogen and oxygen atoms in total. The van der Waals surface area contributed by atoms with Crippen molar-refractivity contribution in [2.45, 2.75) is 0 Å². The molecule has 1 aromatic carbocycles. The van der Waals surface area contributed by atoms with Gasteiger partial charge in [-0.3, -0.25) is 0 Å². The minimum Gasteiger partial charge on any atom is -0.410 e. The van der Waals surface area contributed by atoms with E-state index in [2.05, 4.69) is 17.0 Å². The van der Waals surface area contributed by atoms with Gasteiger partial charge in [-0.05, 0) is 29.5 Å². The zero-order chi connectivity index (χ0) is 11.2. The summed E-state index contributed by atoms with van der Waals surface area (Å²) in [4.78, 5) is 0.867. The van der Waals surface area contributed by atoms with Gasteiger partial charge in [0.2, 0.25) is 0 Å². The summed E-state index contributed by atoms with van der Waals surface area (Å²) < 4.78 is 0. The summed E-state index contributed by atoms with van der Waals surface area (Å²) >= 11 is 1.50. The zero-order valence-electron chi connectivity index (χ0n) is 8.42. The summed E-state index contributed by atoms with van der Waals surface area (Å²) in [5, 5.41) is 14.0. The molecule has 16 heavy (non-hydrogen) atoms. The van der Waals surface area contributed by atoms with Gasteiger partial charge in [0.15, 0.2) is 5.71 Å². The lowest BCUT2D eigenvalue weighted by Gasteiger charge is -1.90. The molecule has 0 unspecified atom stereocenters. The minimum absolute atomic E-state index is 0.402. The van der Waals surface area contributed by atoms with E-state index in [4.69, 9.17) is 5.21 Å². The van der Waals surface area contributed by atoms with Crippen molar-refractivity contribution < 1.29 is 5.21 Å². The first-order valence-corrected chi connectivity index (χ1v) is 5.61. The van der Waals surface area contributed by atoms with Crippen LogP contribution in [0.3, 0.4) is 0 Å². The van der Waals surface area contributed by atoms with Gasteiger partial charge in [0, 0.05) is 5.56 Å². The van der Waals surface area contributed by atoms with E-state index in [-0.39, 0.29) is 0 Å². The number of benzene rings is 1. The maximum atomic E-state index is 8.87. The van der Waals surface area contributed by atoms with Crippen LogP contribution in [0.1, 0.15) is 10.4 Å². The van der Waals surface area contributed by atoms with Gasteiger partial charge in [-0.25, -0.2) is 0 Å². The molecule has 2 rings (SSSR count). The van der Waals surface area contributed by atoms with Crippen molar-refractivity contribution in [3.8, 4) is 11.8 Å². The summed E-state index contributed by atoms with van der Waals surface area (Å²) in [5.41, 5.74) is 1.30. The summed E-state index contributed by atoms with van der Waals surface area (Å²) in [7, 11) is 0. The molecule has 0 radical (unpaired) electrons. The SMILES string of the molecule is O/N=C(/C#Cc1ccccc1)c1cccs1. The monoisotopic (exact) mass is 227 g/mol. The molecule has 0 amide bonds. The first kappa shape index (κ1) is 10.5. The van der Waals surface area contributed by atoms with Gasteiger partial charge in [-0.1, -0.05) is 35.3 Å². The zero-order valence-corrected chi connectivity index (χ0v) is 9.24. The van der Waals surface area contributed by atoms with Crippen molar-refractivity contribution in [3.05, 3.63) is 58.3 Å². The lowest BCUT2D eigenvalue weighted by atomic mass is 10.2. The molecular formula is C13H9NOS. The van der Waals surface area contributed by atoms with Crippen LogP contribution >= 0.6 is 11.3 Å². The average molecular weight is 227 g/mol. The van der Waals surface area contributed by atoms with Crippen LogP contribution in [-0.2, 0) is 0 Å². The van der Waals surface area contributed by atoms with Gasteiger partial charge in [0.05, 0.1) is 4.88 Å². The molecular weight excluding hydrogens is 218 g/mol. The highest BCUT2D eigenvalue weighted by Crippen LogP contribution is 2.09. The molecule has 0 fully saturated rings. The third-order valence-electron chi connectivity index (χ3n) is 1.95. The Labute approximate surface area is 97.9 Å². The van der Waals surface area contributed by atoms with Crippen molar-refractivity contribution in [1.29, 1.82) is 0 Å². The van der Waals surface area contributed by atoms with E-state index < -0.39 is 0 Å². The predicted molar refractivity (Wildman–Crippen MR) is 66.0 cm³/mol. The Morgan fingerprint density at radius 1 is 1.12 bits per heavy atom. The van der Waals surface area contributed by atoms with Gasteiger partial charge in [-0.15, -0.1) is 11.3 Å². The molecule has 0 bridgehead atoms. The highest BCUT2D eigenvalue weighted by molar-refractivity contribution is 7.12. The first-order chi connectivity index (χ1) is 7.90. The number of nitrogens with zero attached hydrogens (tertiary/aromatic N) is 1. The number of oxime groups is 1. The van der Waals surface area contributed by atoms with Crippen LogP contribution in [0.5, 0.6) is 0 Å². The van der Waals surface area contributed by atoms with Crippen molar-refractivity contribution >= 4 is 17.0 Å². The molecule has 1 aromatic heterocycles. The van der Waals surface area contributed by atoms with Gasteiger partial charge in [-0.2, -0.15) is 0 Å². The molecule has 0 saturated heterocycles. The Bertz CT molecular complexity index is 532. The third kappa shape index (κ3) is 2.50. The van der Waals surface area contributed by atoms with Crippen LogP contribution < -0.4 is 0 Å². The van der Waals surface area contributed by atoms with Crippen LogP contribution in [-0.4, -0.2) is 10.9 Å². The van der Waals surface area contributed by atoms with Crippen molar-refractivity contribution in [2.24, 2.45) is 5.16 Å². The molecule has 78 valence electrons. The second-order valence-corrected chi connectivity index (χ2v) is 3.99. The maximum Gasteiger partial charge on any atom is 0.169 e. The normalized spacial score (nSPS) is 10.6. The number of hydrogen-bond donors (Lipinski definition) is 1. The quantitative estimate of drug-likeness (QED) is 0.345. The van der Waals surface area contributed by atoms with Crippen LogP contribution in [0, 0.1) is 11.8 Å². The summed E-state index contributed by atoms with van der Waals surface area (Å²) in [6.07, 6.45) is 0. The molecule has 0 spiro atoms. The average Bonchev–Trinajstić information content (AvgIpc) is 2.85. The lowest BCUT2D eigenvalue weighted by molar-refractivity contribution is 0.320. The Balaban J connectivity index is 2.25. The fourth-order valence-corrected chi connectivity index (χ4v) is 1.87. The molecule has 3 heteroatoms. The molecule has 0 saturated carbocycles. The Morgan fingerprint density at radius 3 is 2.56 bits per heavy atom. The van der Waals surface area contributed by atoms with Crippen LogP contribution in [0.15, 0.2) is 53.0 Å². The highest BCUT2D eigenvalue weighted by Gasteiger charge is 2.00. The van der Waals surface area contributed by atoms with E-state index in [0.717, 1.165) is 10.4 Å². The van der Waals surface area contributed by atoms with Crippen LogP contribution in [0.25, 0.3) is 0 Å². The van der Waals surface area contributed by atoms with Gasteiger partial charge >= 0.3 is 0 Å². The van der Waals surface area contributed by atoms with E-state index in [1.165, 1.54) is 11.3 Å². The van der Waals surface area contributed by atoms with E-state index in [1.54, 1.807) is 0 Å². The van der Waals surface area contributed by atoms with Gasteiger partial charge < -0.3 is 5.21 Å². The second kappa shape index (κ2) is 5.15. The smallest absolute Gasteiger partial charge is 0.169 e. The Hall–Kier alpha value is -2.05. The molecule has 1 heterocycles. The fourth-order valence-electron chi connectivity index (χ4n) is 1.20. The second-order valence-electron chi connectivity index (χ2n) is 3.04. The van der Waals surface area contributed by atoms with Gasteiger partial charge in [0.25, 0.3) is 0 Å². The molecule has 0 aliphatic heterocycles. The molecule has 0 aliphatic carbocycles.